The average Bonchev–Trinajstić information content (AvgIpc) is 2.96. The lowest BCUT2D eigenvalue weighted by atomic mass is 9.93. The predicted molar refractivity (Wildman–Crippen MR) is 88.0 cm³/mol. The van der Waals surface area contributed by atoms with Crippen molar-refractivity contribution >= 4 is 39.7 Å². The van der Waals surface area contributed by atoms with Crippen molar-refractivity contribution in [3.63, 3.8) is 0 Å². The maximum atomic E-state index is 12.9. The Labute approximate surface area is 141 Å². The van der Waals surface area contributed by atoms with Crippen LogP contribution in [-0.2, 0) is 14.8 Å². The van der Waals surface area contributed by atoms with E-state index >= 15 is 0 Å². The lowest BCUT2D eigenvalue weighted by Crippen LogP contribution is -2.51. The molecule has 2 atom stereocenters. The second-order valence-corrected chi connectivity index (χ2v) is 7.92. The first kappa shape index (κ1) is 19.4. The number of nitrogens with zero attached hydrogens (tertiary/aromatic N) is 1. The number of methoxy groups -OCH3 is 1. The zero-order valence-electron chi connectivity index (χ0n) is 12.5. The van der Waals surface area contributed by atoms with Gasteiger partial charge in [0.05, 0.1) is 7.11 Å². The van der Waals surface area contributed by atoms with E-state index in [9.17, 15) is 13.2 Å². The van der Waals surface area contributed by atoms with Gasteiger partial charge in [0.15, 0.2) is 0 Å². The summed E-state index contributed by atoms with van der Waals surface area (Å²) in [5.74, 6) is -0.420. The monoisotopic (exact) mass is 368 g/mol. The Kier molecular flexibility index (Phi) is 6.82. The molecule has 0 saturated carbocycles. The molecule has 1 aliphatic heterocycles. The Morgan fingerprint density at radius 1 is 1.55 bits per heavy atom. The molecule has 0 spiro atoms. The number of halogens is 1. The maximum absolute atomic E-state index is 12.9. The third-order valence-electron chi connectivity index (χ3n) is 3.89. The van der Waals surface area contributed by atoms with Crippen molar-refractivity contribution in [3.8, 4) is 0 Å². The number of thiophene rings is 1. The molecule has 1 fully saturated rings. The molecule has 1 aliphatic rings. The highest BCUT2D eigenvalue weighted by molar-refractivity contribution is 7.89. The Balaban J connectivity index is 0.00000242. The number of sulfonamides is 1. The number of hydrogen-bond acceptors (Lipinski definition) is 6. The van der Waals surface area contributed by atoms with Gasteiger partial charge in [0.25, 0.3) is 0 Å². The van der Waals surface area contributed by atoms with Crippen LogP contribution in [-0.4, -0.2) is 44.9 Å². The highest BCUT2D eigenvalue weighted by Gasteiger charge is 2.38. The van der Waals surface area contributed by atoms with Gasteiger partial charge in [-0.2, -0.15) is 4.31 Å². The van der Waals surface area contributed by atoms with E-state index < -0.39 is 16.0 Å². The van der Waals surface area contributed by atoms with Crippen LogP contribution >= 0.6 is 23.7 Å². The maximum Gasteiger partial charge on any atom is 0.349 e. The summed E-state index contributed by atoms with van der Waals surface area (Å²) in [6, 6.07) is 1.23. The minimum absolute atomic E-state index is 0. The van der Waals surface area contributed by atoms with Gasteiger partial charge in [-0.15, -0.1) is 23.7 Å². The van der Waals surface area contributed by atoms with Crippen molar-refractivity contribution in [1.29, 1.82) is 0 Å². The molecule has 9 heteroatoms. The van der Waals surface area contributed by atoms with E-state index in [0.29, 0.717) is 6.54 Å². The van der Waals surface area contributed by atoms with Crippen molar-refractivity contribution in [1.82, 2.24) is 4.31 Å². The van der Waals surface area contributed by atoms with E-state index in [1.807, 2.05) is 6.92 Å². The molecule has 1 aromatic heterocycles. The lowest BCUT2D eigenvalue weighted by molar-refractivity contribution is 0.0602. The van der Waals surface area contributed by atoms with Gasteiger partial charge in [0.1, 0.15) is 9.77 Å². The summed E-state index contributed by atoms with van der Waals surface area (Å²) in [6.45, 7) is 2.72. The smallest absolute Gasteiger partial charge is 0.349 e. The average molecular weight is 369 g/mol. The lowest BCUT2D eigenvalue weighted by Gasteiger charge is -2.38. The second-order valence-electron chi connectivity index (χ2n) is 5.14. The van der Waals surface area contributed by atoms with Gasteiger partial charge in [-0.1, -0.05) is 6.92 Å². The van der Waals surface area contributed by atoms with Gasteiger partial charge in [0, 0.05) is 19.1 Å². The van der Waals surface area contributed by atoms with Crippen LogP contribution in [0, 0.1) is 5.92 Å². The summed E-state index contributed by atoms with van der Waals surface area (Å²) >= 11 is 1.07. The fraction of sp³-hybridized carbons (Fsp3) is 0.615. The minimum Gasteiger partial charge on any atom is -0.465 e. The molecule has 22 heavy (non-hydrogen) atoms. The van der Waals surface area contributed by atoms with Crippen LogP contribution in [0.15, 0.2) is 16.3 Å². The number of rotatable bonds is 4. The summed E-state index contributed by atoms with van der Waals surface area (Å²) in [5.41, 5.74) is 5.76. The van der Waals surface area contributed by atoms with Crippen LogP contribution in [0.2, 0.25) is 0 Å². The Hall–Kier alpha value is -0.670. The van der Waals surface area contributed by atoms with E-state index in [1.165, 1.54) is 17.5 Å². The number of hydrogen-bond donors (Lipinski definition) is 1. The molecule has 2 unspecified atom stereocenters. The van der Waals surface area contributed by atoms with Crippen molar-refractivity contribution in [2.24, 2.45) is 11.7 Å². The SMILES string of the molecule is COC(=O)c1sccc1S(=O)(=O)N1CCCC(C)C1CN.Cl. The first-order valence-corrected chi connectivity index (χ1v) is 9.13. The fourth-order valence-electron chi connectivity index (χ4n) is 2.73. The number of esters is 1. The van der Waals surface area contributed by atoms with E-state index in [0.717, 1.165) is 24.2 Å². The van der Waals surface area contributed by atoms with Crippen molar-refractivity contribution in [2.45, 2.75) is 30.7 Å². The van der Waals surface area contributed by atoms with Crippen LogP contribution < -0.4 is 5.73 Å². The van der Waals surface area contributed by atoms with Gasteiger partial charge in [-0.3, -0.25) is 0 Å². The number of carbonyl (C=O) groups excluding carboxylic acids is 1. The first-order valence-electron chi connectivity index (χ1n) is 6.81. The molecule has 1 saturated heterocycles. The largest absolute Gasteiger partial charge is 0.465 e. The zero-order chi connectivity index (χ0) is 15.6. The molecule has 2 rings (SSSR count). The van der Waals surface area contributed by atoms with Gasteiger partial charge in [-0.25, -0.2) is 13.2 Å². The molecule has 0 aliphatic carbocycles. The van der Waals surface area contributed by atoms with E-state index in [2.05, 4.69) is 4.74 Å². The van der Waals surface area contributed by atoms with Gasteiger partial charge in [-0.05, 0) is 30.2 Å². The standard InChI is InChI=1S/C13H20N2O4S2.ClH/c1-9-4-3-6-15(10(9)8-14)21(17,18)11-5-7-20-12(11)13(16)19-2;/h5,7,9-10H,3-4,6,8,14H2,1-2H3;1H. The van der Waals surface area contributed by atoms with Crippen LogP contribution in [0.4, 0.5) is 0 Å². The van der Waals surface area contributed by atoms with Crippen LogP contribution in [0.1, 0.15) is 29.4 Å². The minimum atomic E-state index is -3.74. The highest BCUT2D eigenvalue weighted by atomic mass is 35.5. The zero-order valence-corrected chi connectivity index (χ0v) is 15.0. The second kappa shape index (κ2) is 7.74. The molecule has 0 radical (unpaired) electrons. The molecule has 0 bridgehead atoms. The van der Waals surface area contributed by atoms with E-state index in [-0.39, 0.29) is 40.7 Å². The van der Waals surface area contributed by atoms with Crippen molar-refractivity contribution in [3.05, 3.63) is 16.3 Å². The quantitative estimate of drug-likeness (QED) is 0.817. The summed E-state index contributed by atoms with van der Waals surface area (Å²) < 4.78 is 31.8. The Morgan fingerprint density at radius 3 is 2.82 bits per heavy atom. The third-order valence-corrected chi connectivity index (χ3v) is 6.88. The summed E-state index contributed by atoms with van der Waals surface area (Å²) in [6.07, 6.45) is 1.76. The number of piperidine rings is 1. The number of carbonyl (C=O) groups is 1. The molecular weight excluding hydrogens is 348 g/mol. The topological polar surface area (TPSA) is 89.7 Å². The molecule has 1 aromatic rings. The van der Waals surface area contributed by atoms with Gasteiger partial charge >= 0.3 is 5.97 Å². The molecule has 126 valence electrons. The van der Waals surface area contributed by atoms with E-state index in [4.69, 9.17) is 5.73 Å². The van der Waals surface area contributed by atoms with Crippen LogP contribution in [0.25, 0.3) is 0 Å². The van der Waals surface area contributed by atoms with Crippen LogP contribution in [0.3, 0.4) is 0 Å². The summed E-state index contributed by atoms with van der Waals surface area (Å²) in [4.78, 5) is 11.9. The van der Waals surface area contributed by atoms with Gasteiger partial charge < -0.3 is 10.5 Å². The normalized spacial score (nSPS) is 22.9. The molecule has 2 heterocycles. The third kappa shape index (κ3) is 3.46. The Bertz CT molecular complexity index is 617. The van der Waals surface area contributed by atoms with Crippen LogP contribution in [0.5, 0.6) is 0 Å². The predicted octanol–water partition coefficient (Wildman–Crippen LogP) is 1.70. The van der Waals surface area contributed by atoms with Crippen molar-refractivity contribution < 1.29 is 17.9 Å². The molecule has 6 nitrogen and oxygen atoms in total. The molecule has 0 amide bonds. The highest BCUT2D eigenvalue weighted by Crippen LogP contribution is 2.32. The Morgan fingerprint density at radius 2 is 2.23 bits per heavy atom. The summed E-state index contributed by atoms with van der Waals surface area (Å²) in [5, 5.41) is 1.59. The molecule has 2 N–H and O–H groups in total. The summed E-state index contributed by atoms with van der Waals surface area (Å²) in [7, 11) is -2.50. The molecule has 0 aromatic carbocycles. The number of ether oxygens (including phenoxy) is 1. The van der Waals surface area contributed by atoms with Crippen molar-refractivity contribution in [2.75, 3.05) is 20.2 Å². The van der Waals surface area contributed by atoms with Gasteiger partial charge in [0.2, 0.25) is 10.0 Å². The molecular formula is C13H21ClN2O4S2. The first-order chi connectivity index (χ1) is 9.93. The van der Waals surface area contributed by atoms with E-state index in [1.54, 1.807) is 5.38 Å². The fourth-order valence-corrected chi connectivity index (χ4v) is 5.81. The number of nitrogens with two attached hydrogens (primary N) is 1.